The van der Waals surface area contributed by atoms with Crippen molar-refractivity contribution in [3.8, 4) is 11.3 Å². The van der Waals surface area contributed by atoms with Crippen LogP contribution in [0.15, 0.2) is 89.3 Å². The number of ether oxygens (including phenoxy) is 3. The summed E-state index contributed by atoms with van der Waals surface area (Å²) in [5.41, 5.74) is 3.77. The third-order valence-corrected chi connectivity index (χ3v) is 8.59. The van der Waals surface area contributed by atoms with Gasteiger partial charge in [0.2, 0.25) is 0 Å². The summed E-state index contributed by atoms with van der Waals surface area (Å²) in [6.45, 7) is 1.55. The van der Waals surface area contributed by atoms with Crippen LogP contribution in [0.3, 0.4) is 0 Å². The minimum Gasteiger partial charge on any atom is -0.468 e. The lowest BCUT2D eigenvalue weighted by Crippen LogP contribution is -2.45. The summed E-state index contributed by atoms with van der Waals surface area (Å²) >= 11 is 6.26. The number of carbonyl (C=O) groups is 3. The molecule has 3 aromatic carbocycles. The van der Waals surface area contributed by atoms with Crippen molar-refractivity contribution in [1.82, 2.24) is 0 Å². The Morgan fingerprint density at radius 3 is 1.98 bits per heavy atom. The van der Waals surface area contributed by atoms with E-state index in [2.05, 4.69) is 0 Å². The van der Waals surface area contributed by atoms with E-state index >= 15 is 0 Å². The number of carbonyl (C=O) groups excluding carboxylic acids is 3. The summed E-state index contributed by atoms with van der Waals surface area (Å²) < 4.78 is 23.4. The van der Waals surface area contributed by atoms with Crippen LogP contribution in [-0.2, 0) is 35.0 Å². The minimum absolute atomic E-state index is 0.0144. The number of Topliss-reactive ketones (excluding diaryl/α,β-unsaturated/α-hetero) is 1. The van der Waals surface area contributed by atoms with Crippen LogP contribution in [0.25, 0.3) is 22.5 Å². The van der Waals surface area contributed by atoms with Gasteiger partial charge < -0.3 is 23.4 Å². The average molecular weight is 627 g/mol. The third kappa shape index (κ3) is 6.23. The zero-order valence-corrected chi connectivity index (χ0v) is 26.5. The maximum absolute atomic E-state index is 13.6. The van der Waals surface area contributed by atoms with Crippen LogP contribution >= 0.6 is 11.6 Å². The van der Waals surface area contributed by atoms with Gasteiger partial charge in [-0.2, -0.15) is 0 Å². The van der Waals surface area contributed by atoms with Gasteiger partial charge >= 0.3 is 11.9 Å². The van der Waals surface area contributed by atoms with E-state index in [0.29, 0.717) is 28.5 Å². The number of hydrogen-bond acceptors (Lipinski definition) is 7. The van der Waals surface area contributed by atoms with Crippen LogP contribution < -0.4 is 0 Å². The molecule has 0 aliphatic heterocycles. The Labute approximate surface area is 267 Å². The first kappa shape index (κ1) is 31.9. The van der Waals surface area contributed by atoms with Gasteiger partial charge in [-0.1, -0.05) is 72.3 Å². The Morgan fingerprint density at radius 1 is 0.822 bits per heavy atom. The molecular weight excluding hydrogens is 592 g/mol. The molecule has 0 saturated heterocycles. The first-order valence-corrected chi connectivity index (χ1v) is 15.0. The molecule has 4 aromatic rings. The molecule has 0 spiro atoms. The topological polar surface area (TPSA) is 92.0 Å². The van der Waals surface area contributed by atoms with Crippen molar-refractivity contribution in [1.29, 1.82) is 0 Å². The fourth-order valence-corrected chi connectivity index (χ4v) is 6.35. The van der Waals surface area contributed by atoms with Gasteiger partial charge in [-0.25, -0.2) is 0 Å². The van der Waals surface area contributed by atoms with Gasteiger partial charge in [-0.3, -0.25) is 9.59 Å². The molecule has 8 heteroatoms. The van der Waals surface area contributed by atoms with Crippen LogP contribution in [-0.4, -0.2) is 39.1 Å². The summed E-state index contributed by atoms with van der Waals surface area (Å²) in [6.07, 6.45) is -0.0644. The highest BCUT2D eigenvalue weighted by atomic mass is 35.5. The van der Waals surface area contributed by atoms with Crippen molar-refractivity contribution >= 4 is 40.5 Å². The van der Waals surface area contributed by atoms with Gasteiger partial charge in [0.1, 0.15) is 23.4 Å². The van der Waals surface area contributed by atoms with Crippen LogP contribution in [0.1, 0.15) is 60.3 Å². The van der Waals surface area contributed by atoms with Gasteiger partial charge in [-0.15, -0.1) is 0 Å². The average Bonchev–Trinajstić information content (AvgIpc) is 3.44. The third-order valence-electron chi connectivity index (χ3n) is 8.33. The predicted molar refractivity (Wildman–Crippen MR) is 172 cm³/mol. The monoisotopic (exact) mass is 626 g/mol. The fraction of sp³-hybridized carbons (Fsp3) is 0.270. The molecule has 0 fully saturated rings. The normalized spacial score (nSPS) is 15.5. The van der Waals surface area contributed by atoms with Gasteiger partial charge in [0, 0.05) is 48.1 Å². The first-order valence-electron chi connectivity index (χ1n) is 14.7. The molecule has 0 unspecified atom stereocenters. The van der Waals surface area contributed by atoms with Crippen molar-refractivity contribution in [3.05, 3.63) is 118 Å². The van der Waals surface area contributed by atoms with Crippen molar-refractivity contribution in [2.24, 2.45) is 5.41 Å². The standard InChI is InChI=1S/C37H35ClO7/c1-23(39)15-20-28(24-11-7-5-8-12-24)29-21-37(35(40)43-3,36(41)44-4)22-30-31(29)32(33(42-2)25-13-9-6-10-14-25)34(45-30)26-16-18-27(38)19-17-26/h5-14,16-19,33H,15,20-22H2,1-4H3/b29-28+/t33-/m0/s1. The first-order chi connectivity index (χ1) is 21.7. The van der Waals surface area contributed by atoms with E-state index in [1.807, 2.05) is 72.8 Å². The van der Waals surface area contributed by atoms with E-state index in [-0.39, 0.29) is 25.0 Å². The second kappa shape index (κ2) is 13.7. The molecule has 0 saturated carbocycles. The molecule has 1 aromatic heterocycles. The van der Waals surface area contributed by atoms with Crippen molar-refractivity contribution < 1.29 is 33.0 Å². The highest BCUT2D eigenvalue weighted by molar-refractivity contribution is 6.30. The maximum Gasteiger partial charge on any atom is 0.324 e. The number of rotatable bonds is 10. The maximum atomic E-state index is 13.6. The highest BCUT2D eigenvalue weighted by Gasteiger charge is 2.54. The van der Waals surface area contributed by atoms with Crippen LogP contribution in [0.4, 0.5) is 0 Å². The van der Waals surface area contributed by atoms with Gasteiger partial charge in [0.25, 0.3) is 0 Å². The Kier molecular flexibility index (Phi) is 9.71. The Bertz CT molecular complexity index is 1700. The van der Waals surface area contributed by atoms with Gasteiger partial charge in [0.05, 0.1) is 14.2 Å². The van der Waals surface area contributed by atoms with Crippen molar-refractivity contribution in [3.63, 3.8) is 0 Å². The molecule has 7 nitrogen and oxygen atoms in total. The molecule has 0 amide bonds. The minimum atomic E-state index is -1.72. The van der Waals surface area contributed by atoms with E-state index in [0.717, 1.165) is 33.4 Å². The van der Waals surface area contributed by atoms with Crippen molar-refractivity contribution in [2.75, 3.05) is 21.3 Å². The SMILES string of the molecule is COC(=O)C1(C(=O)OC)C/C(=C(/CCC(C)=O)c2ccccc2)c2c(oc(-c3ccc(Cl)cc3)c2[C@@H](OC)c2ccccc2)C1. The van der Waals surface area contributed by atoms with Crippen LogP contribution in [0, 0.1) is 5.41 Å². The Morgan fingerprint density at radius 2 is 1.42 bits per heavy atom. The Hall–Kier alpha value is -4.46. The molecular formula is C37H35ClO7. The Balaban J connectivity index is 1.93. The zero-order valence-electron chi connectivity index (χ0n) is 25.7. The largest absolute Gasteiger partial charge is 0.468 e. The second-order valence-electron chi connectivity index (χ2n) is 11.1. The molecule has 0 N–H and O–H groups in total. The number of esters is 2. The number of allylic oxidation sites excluding steroid dienone is 2. The zero-order chi connectivity index (χ0) is 32.1. The predicted octanol–water partition coefficient (Wildman–Crippen LogP) is 7.89. The second-order valence-corrected chi connectivity index (χ2v) is 11.6. The summed E-state index contributed by atoms with van der Waals surface area (Å²) in [4.78, 5) is 39.5. The molecule has 1 aliphatic carbocycles. The number of hydrogen-bond donors (Lipinski definition) is 0. The molecule has 0 radical (unpaired) electrons. The number of ketones is 1. The van der Waals surface area contributed by atoms with E-state index < -0.39 is 23.5 Å². The lowest BCUT2D eigenvalue weighted by atomic mass is 9.68. The number of methoxy groups -OCH3 is 3. The molecule has 1 heterocycles. The van der Waals surface area contributed by atoms with Crippen molar-refractivity contribution in [2.45, 2.75) is 38.7 Å². The summed E-state index contributed by atoms with van der Waals surface area (Å²) in [6, 6.07) is 26.7. The van der Waals surface area contributed by atoms with E-state index in [1.54, 1.807) is 26.2 Å². The molecule has 0 bridgehead atoms. The lowest BCUT2D eigenvalue weighted by molar-refractivity contribution is -0.169. The van der Waals surface area contributed by atoms with Gasteiger partial charge in [-0.05, 0) is 59.9 Å². The van der Waals surface area contributed by atoms with E-state index in [1.165, 1.54) is 14.2 Å². The highest BCUT2D eigenvalue weighted by Crippen LogP contribution is 2.53. The van der Waals surface area contributed by atoms with E-state index in [9.17, 15) is 14.4 Å². The van der Waals surface area contributed by atoms with Crippen LogP contribution in [0.2, 0.25) is 5.02 Å². The van der Waals surface area contributed by atoms with E-state index in [4.69, 9.17) is 30.2 Å². The molecule has 232 valence electrons. The number of fused-ring (bicyclic) bond motifs is 1. The number of benzene rings is 3. The number of halogens is 1. The lowest BCUT2D eigenvalue weighted by Gasteiger charge is -2.34. The quantitative estimate of drug-likeness (QED) is 0.130. The summed E-state index contributed by atoms with van der Waals surface area (Å²) in [7, 11) is 4.14. The molecule has 45 heavy (non-hydrogen) atoms. The molecule has 1 atom stereocenters. The van der Waals surface area contributed by atoms with Crippen LogP contribution in [0.5, 0.6) is 0 Å². The molecule has 1 aliphatic rings. The molecule has 5 rings (SSSR count). The summed E-state index contributed by atoms with van der Waals surface area (Å²) in [5, 5.41) is 0.564. The fourth-order valence-electron chi connectivity index (χ4n) is 6.22. The van der Waals surface area contributed by atoms with Gasteiger partial charge in [0.15, 0.2) is 5.41 Å². The smallest absolute Gasteiger partial charge is 0.324 e. The summed E-state index contributed by atoms with van der Waals surface area (Å²) in [5.74, 6) is -0.501. The number of furan rings is 1.